The van der Waals surface area contributed by atoms with Crippen molar-refractivity contribution in [2.75, 3.05) is 0 Å². The first-order chi connectivity index (χ1) is 11.9. The molecule has 0 aromatic heterocycles. The molecule has 4 aliphatic rings. The predicted octanol–water partition coefficient (Wildman–Crippen LogP) is 5.23. The van der Waals surface area contributed by atoms with Crippen LogP contribution in [0.25, 0.3) is 0 Å². The number of carbonyl (C=O) groups excluding carboxylic acids is 1. The highest BCUT2D eigenvalue weighted by atomic mass is 16.3. The molecule has 0 aromatic rings. The van der Waals surface area contributed by atoms with E-state index in [1.54, 1.807) is 0 Å². The lowest BCUT2D eigenvalue weighted by molar-refractivity contribution is -0.119. The summed E-state index contributed by atoms with van der Waals surface area (Å²) in [6.07, 6.45) is 13.6. The topological polar surface area (TPSA) is 37.3 Å². The maximum Gasteiger partial charge on any atom is 0.123 e. The van der Waals surface area contributed by atoms with Gasteiger partial charge in [0.2, 0.25) is 0 Å². The van der Waals surface area contributed by atoms with Gasteiger partial charge in [0.25, 0.3) is 0 Å². The monoisotopic (exact) mass is 346 g/mol. The summed E-state index contributed by atoms with van der Waals surface area (Å²) in [6, 6.07) is 0. The molecule has 4 fully saturated rings. The van der Waals surface area contributed by atoms with Gasteiger partial charge >= 0.3 is 0 Å². The van der Waals surface area contributed by atoms with Crippen LogP contribution in [0.2, 0.25) is 0 Å². The van der Waals surface area contributed by atoms with E-state index < -0.39 is 0 Å². The summed E-state index contributed by atoms with van der Waals surface area (Å²) in [7, 11) is 0. The second-order valence-corrected chi connectivity index (χ2v) is 10.5. The van der Waals surface area contributed by atoms with E-state index in [9.17, 15) is 9.90 Å². The zero-order chi connectivity index (χ0) is 17.8. The van der Waals surface area contributed by atoms with E-state index in [1.165, 1.54) is 51.2 Å². The van der Waals surface area contributed by atoms with Gasteiger partial charge in [-0.2, -0.15) is 0 Å². The van der Waals surface area contributed by atoms with Crippen molar-refractivity contribution in [2.24, 2.45) is 46.8 Å². The largest absolute Gasteiger partial charge is 0.390 e. The number of aldehydes is 1. The van der Waals surface area contributed by atoms with Gasteiger partial charge in [-0.15, -0.1) is 0 Å². The molecule has 2 nitrogen and oxygen atoms in total. The SMILES string of the molecule is CC[C@@]1(O)CC[C@H]2[C@H](CC[C@@H]3[C@@H]2CC[C@]2(C)[C@@H]([C@H](C)C=O)CC[C@@H]32)C1. The Morgan fingerprint density at radius 1 is 1.04 bits per heavy atom. The van der Waals surface area contributed by atoms with Gasteiger partial charge in [-0.05, 0) is 105 Å². The maximum atomic E-state index is 11.4. The van der Waals surface area contributed by atoms with Gasteiger partial charge in [-0.25, -0.2) is 0 Å². The summed E-state index contributed by atoms with van der Waals surface area (Å²) in [5.41, 5.74) is 0.0438. The Hall–Kier alpha value is -0.370. The molecule has 142 valence electrons. The summed E-state index contributed by atoms with van der Waals surface area (Å²) >= 11 is 0. The zero-order valence-electron chi connectivity index (χ0n) is 16.5. The Morgan fingerprint density at radius 3 is 2.52 bits per heavy atom. The van der Waals surface area contributed by atoms with E-state index in [2.05, 4.69) is 20.8 Å². The number of hydrogen-bond acceptors (Lipinski definition) is 2. The average molecular weight is 347 g/mol. The van der Waals surface area contributed by atoms with Crippen LogP contribution in [0.3, 0.4) is 0 Å². The highest BCUT2D eigenvalue weighted by Gasteiger charge is 2.58. The summed E-state index contributed by atoms with van der Waals surface area (Å²) in [5, 5.41) is 10.8. The molecule has 9 atom stereocenters. The first kappa shape index (κ1) is 18.0. The zero-order valence-corrected chi connectivity index (χ0v) is 16.5. The van der Waals surface area contributed by atoms with Crippen LogP contribution in [0.1, 0.15) is 85.0 Å². The Bertz CT molecular complexity index is 516. The third-order valence-electron chi connectivity index (χ3n) is 9.68. The molecule has 0 bridgehead atoms. The Kier molecular flexibility index (Phi) is 4.58. The van der Waals surface area contributed by atoms with E-state index in [0.717, 1.165) is 48.9 Å². The van der Waals surface area contributed by atoms with Crippen LogP contribution in [0.5, 0.6) is 0 Å². The molecule has 0 heterocycles. The van der Waals surface area contributed by atoms with Crippen molar-refractivity contribution in [3.8, 4) is 0 Å². The fourth-order valence-corrected chi connectivity index (χ4v) is 8.28. The quantitative estimate of drug-likeness (QED) is 0.710. The van der Waals surface area contributed by atoms with Crippen LogP contribution in [0.15, 0.2) is 0 Å². The lowest BCUT2D eigenvalue weighted by atomic mass is 9.48. The molecule has 25 heavy (non-hydrogen) atoms. The van der Waals surface area contributed by atoms with Gasteiger partial charge in [0, 0.05) is 5.92 Å². The first-order valence-electron chi connectivity index (χ1n) is 11.1. The van der Waals surface area contributed by atoms with Crippen LogP contribution < -0.4 is 0 Å². The van der Waals surface area contributed by atoms with Crippen molar-refractivity contribution in [3.05, 3.63) is 0 Å². The molecule has 0 unspecified atom stereocenters. The summed E-state index contributed by atoms with van der Waals surface area (Å²) in [6.45, 7) is 6.83. The van der Waals surface area contributed by atoms with Crippen LogP contribution in [-0.4, -0.2) is 17.0 Å². The number of carbonyl (C=O) groups is 1. The summed E-state index contributed by atoms with van der Waals surface area (Å²) in [4.78, 5) is 11.4. The summed E-state index contributed by atoms with van der Waals surface area (Å²) < 4.78 is 0. The normalized spacial score (nSPS) is 53.4. The molecular formula is C23H38O2. The molecular weight excluding hydrogens is 308 g/mol. The molecule has 4 aliphatic carbocycles. The van der Waals surface area contributed by atoms with Crippen molar-refractivity contribution in [3.63, 3.8) is 0 Å². The van der Waals surface area contributed by atoms with E-state index in [1.807, 2.05) is 0 Å². The van der Waals surface area contributed by atoms with Crippen LogP contribution in [0, 0.1) is 46.8 Å². The second kappa shape index (κ2) is 6.36. The number of rotatable bonds is 3. The third-order valence-corrected chi connectivity index (χ3v) is 9.68. The van der Waals surface area contributed by atoms with Gasteiger partial charge in [0.1, 0.15) is 6.29 Å². The molecule has 1 N–H and O–H groups in total. The molecule has 4 rings (SSSR count). The molecule has 0 radical (unpaired) electrons. The molecule has 0 spiro atoms. The van der Waals surface area contributed by atoms with Gasteiger partial charge < -0.3 is 9.90 Å². The summed E-state index contributed by atoms with van der Waals surface area (Å²) in [5.74, 6) is 5.15. The fourth-order valence-electron chi connectivity index (χ4n) is 8.28. The Morgan fingerprint density at radius 2 is 1.80 bits per heavy atom. The first-order valence-corrected chi connectivity index (χ1v) is 11.1. The molecule has 0 saturated heterocycles. The van der Waals surface area contributed by atoms with Crippen molar-refractivity contribution in [2.45, 2.75) is 90.6 Å². The minimum atomic E-state index is -0.366. The van der Waals surface area contributed by atoms with E-state index in [-0.39, 0.29) is 11.5 Å². The Balaban J connectivity index is 1.52. The molecule has 0 amide bonds. The maximum absolute atomic E-state index is 11.4. The third kappa shape index (κ3) is 2.73. The lowest BCUT2D eigenvalue weighted by Gasteiger charge is -2.57. The highest BCUT2D eigenvalue weighted by Crippen LogP contribution is 2.65. The fraction of sp³-hybridized carbons (Fsp3) is 0.957. The highest BCUT2D eigenvalue weighted by molar-refractivity contribution is 5.53. The molecule has 0 aromatic carbocycles. The molecule has 0 aliphatic heterocycles. The average Bonchev–Trinajstić information content (AvgIpc) is 2.98. The van der Waals surface area contributed by atoms with Gasteiger partial charge in [-0.1, -0.05) is 20.8 Å². The number of fused-ring (bicyclic) bond motifs is 5. The van der Waals surface area contributed by atoms with Crippen molar-refractivity contribution in [1.82, 2.24) is 0 Å². The van der Waals surface area contributed by atoms with Crippen LogP contribution in [0.4, 0.5) is 0 Å². The smallest absolute Gasteiger partial charge is 0.123 e. The van der Waals surface area contributed by atoms with Crippen molar-refractivity contribution >= 4 is 6.29 Å². The van der Waals surface area contributed by atoms with Crippen molar-refractivity contribution < 1.29 is 9.90 Å². The second-order valence-electron chi connectivity index (χ2n) is 10.5. The van der Waals surface area contributed by atoms with Gasteiger partial charge in [0.05, 0.1) is 5.60 Å². The Labute approximate surface area is 154 Å². The molecule has 4 saturated carbocycles. The van der Waals surface area contributed by atoms with Crippen LogP contribution in [-0.2, 0) is 4.79 Å². The van der Waals surface area contributed by atoms with E-state index in [4.69, 9.17) is 0 Å². The van der Waals surface area contributed by atoms with E-state index in [0.29, 0.717) is 11.3 Å². The lowest BCUT2D eigenvalue weighted by Crippen LogP contribution is -2.51. The predicted molar refractivity (Wildman–Crippen MR) is 101 cm³/mol. The van der Waals surface area contributed by atoms with Crippen LogP contribution >= 0.6 is 0 Å². The number of hydrogen-bond donors (Lipinski definition) is 1. The van der Waals surface area contributed by atoms with E-state index >= 15 is 0 Å². The standard InChI is InChI=1S/C23H38O2/c1-4-23(25)12-10-17-16(13-23)5-6-19-18(17)9-11-22(3)20(15(2)14-24)7-8-21(19)22/h14-21,25H,4-13H2,1-3H3/t15-,16-,17+,18-,19-,20-,21+,22-,23-/m1/s1. The minimum Gasteiger partial charge on any atom is -0.390 e. The van der Waals surface area contributed by atoms with Gasteiger partial charge in [-0.3, -0.25) is 0 Å². The number of aliphatic hydroxyl groups is 1. The molecule has 2 heteroatoms. The minimum absolute atomic E-state index is 0.233. The van der Waals surface area contributed by atoms with Gasteiger partial charge in [0.15, 0.2) is 0 Å². The van der Waals surface area contributed by atoms with Crippen molar-refractivity contribution in [1.29, 1.82) is 0 Å².